The molecule has 0 aliphatic carbocycles. The van der Waals surface area contributed by atoms with Gasteiger partial charge in [0.1, 0.15) is 5.60 Å². The number of hydrazone groups is 1. The fraction of sp³-hybridized carbons (Fsp3) is 0.769. The second kappa shape index (κ2) is 8.83. The first kappa shape index (κ1) is 19.4. The van der Waals surface area contributed by atoms with Gasteiger partial charge in [0.2, 0.25) is 0 Å². The summed E-state index contributed by atoms with van der Waals surface area (Å²) >= 11 is 8.41. The Kier molecular flexibility index (Phi) is 7.78. The Morgan fingerprint density at radius 1 is 1.41 bits per heavy atom. The molecule has 1 saturated heterocycles. The van der Waals surface area contributed by atoms with Crippen molar-refractivity contribution >= 4 is 52.7 Å². The highest BCUT2D eigenvalue weighted by Crippen LogP contribution is 2.32. The van der Waals surface area contributed by atoms with E-state index in [1.165, 1.54) is 6.42 Å². The second-order valence-corrected chi connectivity index (χ2v) is 8.97. The minimum atomic E-state index is -0.535. The van der Waals surface area contributed by atoms with Crippen LogP contribution < -0.4 is 16.5 Å². The fourth-order valence-corrected chi connectivity index (χ4v) is 4.79. The van der Waals surface area contributed by atoms with E-state index in [0.29, 0.717) is 0 Å². The number of hydrogen-bond acceptors (Lipinski definition) is 6. The second-order valence-electron chi connectivity index (χ2n) is 5.81. The summed E-state index contributed by atoms with van der Waals surface area (Å²) in [6, 6.07) is -0.278. The van der Waals surface area contributed by atoms with Crippen LogP contribution in [0.15, 0.2) is 5.10 Å². The molecule has 1 amide bonds. The van der Waals surface area contributed by atoms with E-state index >= 15 is 0 Å². The number of carbonyl (C=O) groups excluding carboxylic acids is 1. The van der Waals surface area contributed by atoms with Crippen LogP contribution in [0.1, 0.15) is 34.1 Å². The zero-order chi connectivity index (χ0) is 16.8. The van der Waals surface area contributed by atoms with E-state index < -0.39 is 11.7 Å². The van der Waals surface area contributed by atoms with E-state index in [0.717, 1.165) is 17.2 Å². The third kappa shape index (κ3) is 7.55. The molecule has 126 valence electrons. The van der Waals surface area contributed by atoms with E-state index in [-0.39, 0.29) is 15.7 Å². The molecule has 1 aliphatic rings. The Balaban J connectivity index is 2.74. The van der Waals surface area contributed by atoms with Crippen LogP contribution in [0.5, 0.6) is 0 Å². The van der Waals surface area contributed by atoms with Gasteiger partial charge in [-0.2, -0.15) is 5.10 Å². The lowest BCUT2D eigenvalue weighted by atomic mass is 10.2. The number of rotatable bonds is 4. The highest BCUT2D eigenvalue weighted by Gasteiger charge is 2.27. The molecule has 0 radical (unpaired) electrons. The molecule has 6 nitrogen and oxygen atoms in total. The Hall–Kier alpha value is -0.670. The van der Waals surface area contributed by atoms with Crippen molar-refractivity contribution in [2.24, 2.45) is 10.8 Å². The lowest BCUT2D eigenvalue weighted by molar-refractivity contribution is 0.0521. The molecule has 0 spiro atoms. The Morgan fingerprint density at radius 2 is 2.00 bits per heavy atom. The molecule has 4 N–H and O–H groups in total. The highest BCUT2D eigenvalue weighted by molar-refractivity contribution is 8.18. The van der Waals surface area contributed by atoms with E-state index in [9.17, 15) is 4.79 Å². The molecular formula is C13H24N4O2S3. The van der Waals surface area contributed by atoms with Crippen molar-refractivity contribution in [3.8, 4) is 0 Å². The third-order valence-corrected chi connectivity index (χ3v) is 5.59. The van der Waals surface area contributed by atoms with Crippen molar-refractivity contribution in [1.82, 2.24) is 10.7 Å². The third-order valence-electron chi connectivity index (χ3n) is 2.54. The lowest BCUT2D eigenvalue weighted by Crippen LogP contribution is -2.45. The first-order chi connectivity index (χ1) is 10.2. The van der Waals surface area contributed by atoms with E-state index in [4.69, 9.17) is 22.7 Å². The molecule has 1 aliphatic heterocycles. The van der Waals surface area contributed by atoms with E-state index in [1.807, 2.05) is 51.2 Å². The average molecular weight is 365 g/mol. The first-order valence-corrected chi connectivity index (χ1v) is 9.55. The molecule has 1 atom stereocenters. The molecule has 0 saturated carbocycles. The number of amides is 1. The van der Waals surface area contributed by atoms with Gasteiger partial charge in [-0.15, -0.1) is 23.5 Å². The summed E-state index contributed by atoms with van der Waals surface area (Å²) in [6.45, 7) is 7.36. The maximum atomic E-state index is 11.9. The molecular weight excluding hydrogens is 340 g/mol. The normalized spacial score (nSPS) is 18.5. The fourth-order valence-electron chi connectivity index (χ4n) is 1.69. The number of nitrogens with two attached hydrogens (primary N) is 1. The summed E-state index contributed by atoms with van der Waals surface area (Å²) in [4.78, 5) is 11.9. The SMILES string of the molecule is CC(NC(=O)OC(C)(C)C)/C(=N\NC(N)=S)C1SCCCS1. The molecule has 0 bridgehead atoms. The number of thioether (sulfide) groups is 2. The van der Waals surface area contributed by atoms with Crippen molar-refractivity contribution < 1.29 is 9.53 Å². The van der Waals surface area contributed by atoms with Gasteiger partial charge in [0.15, 0.2) is 5.11 Å². The van der Waals surface area contributed by atoms with Gasteiger partial charge in [0.25, 0.3) is 0 Å². The minimum absolute atomic E-state index is 0.104. The van der Waals surface area contributed by atoms with Crippen LogP contribution in [0.2, 0.25) is 0 Å². The number of nitrogens with one attached hydrogen (secondary N) is 2. The van der Waals surface area contributed by atoms with Gasteiger partial charge in [0.05, 0.1) is 16.3 Å². The van der Waals surface area contributed by atoms with Crippen molar-refractivity contribution in [2.45, 2.75) is 50.3 Å². The number of thiocarbonyl (C=S) groups is 1. The monoisotopic (exact) mass is 364 g/mol. The molecule has 22 heavy (non-hydrogen) atoms. The number of ether oxygens (including phenoxy) is 1. The number of alkyl carbamates (subject to hydrolysis) is 1. The standard InChI is InChI=1S/C13H24N4O2S3/c1-8(15-12(18)19-13(2,3)4)9(16-17-11(14)20)10-21-6-5-7-22-10/h8,10H,5-7H2,1-4H3,(H,15,18)(H3,14,17,20)/b16-9+. The van der Waals surface area contributed by atoms with E-state index in [2.05, 4.69) is 15.8 Å². The molecule has 1 heterocycles. The average Bonchev–Trinajstić information content (AvgIpc) is 2.37. The predicted octanol–water partition coefficient (Wildman–Crippen LogP) is 2.29. The van der Waals surface area contributed by atoms with Crippen molar-refractivity contribution in [2.75, 3.05) is 11.5 Å². The Labute approximate surface area is 145 Å². The van der Waals surface area contributed by atoms with Gasteiger partial charge in [-0.25, -0.2) is 4.79 Å². The predicted molar refractivity (Wildman–Crippen MR) is 99.5 cm³/mol. The Bertz CT molecular complexity index is 431. The number of carbonyl (C=O) groups is 1. The van der Waals surface area contributed by atoms with Crippen LogP contribution in [-0.4, -0.2) is 44.6 Å². The van der Waals surface area contributed by atoms with Crippen molar-refractivity contribution in [3.63, 3.8) is 0 Å². The smallest absolute Gasteiger partial charge is 0.408 e. The van der Waals surface area contributed by atoms with Gasteiger partial charge in [-0.05, 0) is 57.8 Å². The number of hydrogen-bond donors (Lipinski definition) is 3. The van der Waals surface area contributed by atoms with Gasteiger partial charge in [-0.1, -0.05) is 0 Å². The van der Waals surface area contributed by atoms with Gasteiger partial charge in [-0.3, -0.25) is 5.43 Å². The van der Waals surface area contributed by atoms with Crippen LogP contribution in [0.4, 0.5) is 4.79 Å². The molecule has 0 aromatic heterocycles. The van der Waals surface area contributed by atoms with Crippen molar-refractivity contribution in [1.29, 1.82) is 0 Å². The minimum Gasteiger partial charge on any atom is -0.444 e. The highest BCUT2D eigenvalue weighted by atomic mass is 32.2. The Morgan fingerprint density at radius 3 is 2.50 bits per heavy atom. The quantitative estimate of drug-likeness (QED) is 0.401. The summed E-state index contributed by atoms with van der Waals surface area (Å²) in [5.41, 5.74) is 8.33. The molecule has 1 rings (SSSR count). The summed E-state index contributed by atoms with van der Waals surface area (Å²) < 4.78 is 5.45. The van der Waals surface area contributed by atoms with Crippen LogP contribution in [0, 0.1) is 0 Å². The zero-order valence-electron chi connectivity index (χ0n) is 13.3. The topological polar surface area (TPSA) is 88.7 Å². The molecule has 9 heteroatoms. The largest absolute Gasteiger partial charge is 0.444 e. The molecule has 1 unspecified atom stereocenters. The lowest BCUT2D eigenvalue weighted by Gasteiger charge is -2.27. The molecule has 0 aromatic carbocycles. The number of nitrogens with zero attached hydrogens (tertiary/aromatic N) is 1. The van der Waals surface area contributed by atoms with Gasteiger partial charge in [0, 0.05) is 0 Å². The van der Waals surface area contributed by atoms with E-state index in [1.54, 1.807) is 0 Å². The molecule has 0 aromatic rings. The summed E-state index contributed by atoms with van der Waals surface area (Å²) in [7, 11) is 0. The summed E-state index contributed by atoms with van der Waals surface area (Å²) in [6.07, 6.45) is 0.712. The van der Waals surface area contributed by atoms with Crippen LogP contribution >= 0.6 is 35.7 Å². The maximum absolute atomic E-state index is 11.9. The maximum Gasteiger partial charge on any atom is 0.408 e. The summed E-state index contributed by atoms with van der Waals surface area (Å²) in [5.74, 6) is 2.14. The van der Waals surface area contributed by atoms with Crippen LogP contribution in [-0.2, 0) is 4.74 Å². The first-order valence-electron chi connectivity index (χ1n) is 7.04. The summed E-state index contributed by atoms with van der Waals surface area (Å²) in [5, 5.41) is 7.20. The molecule has 1 fully saturated rings. The van der Waals surface area contributed by atoms with Crippen molar-refractivity contribution in [3.05, 3.63) is 0 Å². The van der Waals surface area contributed by atoms with Gasteiger partial charge >= 0.3 is 6.09 Å². The zero-order valence-corrected chi connectivity index (χ0v) is 15.8. The van der Waals surface area contributed by atoms with Gasteiger partial charge < -0.3 is 15.8 Å². The van der Waals surface area contributed by atoms with Crippen LogP contribution in [0.3, 0.4) is 0 Å². The van der Waals surface area contributed by atoms with Crippen LogP contribution in [0.25, 0.3) is 0 Å².